The monoisotopic (exact) mass is 281 g/mol. The summed E-state index contributed by atoms with van der Waals surface area (Å²) in [6.45, 7) is 1.89. The van der Waals surface area contributed by atoms with E-state index in [1.165, 1.54) is 11.3 Å². The predicted octanol–water partition coefficient (Wildman–Crippen LogP) is 2.73. The molecule has 94 valence electrons. The number of thiophene rings is 1. The number of nitrogens with one attached hydrogen (secondary N) is 1. The minimum Gasteiger partial charge on any atom is -0.397 e. The van der Waals surface area contributed by atoms with Crippen LogP contribution in [-0.4, -0.2) is 16.9 Å². The third-order valence-corrected chi connectivity index (χ3v) is 4.57. The number of fused-ring (bicyclic) bond motifs is 1. The van der Waals surface area contributed by atoms with Gasteiger partial charge in [-0.1, -0.05) is 11.6 Å². The highest BCUT2D eigenvalue weighted by molar-refractivity contribution is 7.21. The van der Waals surface area contributed by atoms with Crippen LogP contribution in [0.25, 0.3) is 10.2 Å². The molecule has 0 spiro atoms. The van der Waals surface area contributed by atoms with Gasteiger partial charge in [-0.25, -0.2) is 4.98 Å². The molecule has 0 aliphatic heterocycles. The fourth-order valence-corrected chi connectivity index (χ4v) is 3.03. The zero-order chi connectivity index (χ0) is 12.9. The highest BCUT2D eigenvalue weighted by Gasteiger charge is 2.26. The van der Waals surface area contributed by atoms with Crippen molar-refractivity contribution in [1.82, 2.24) is 10.3 Å². The van der Waals surface area contributed by atoms with Crippen molar-refractivity contribution in [2.24, 2.45) is 0 Å². The summed E-state index contributed by atoms with van der Waals surface area (Å²) in [6, 6.07) is 0.319. The number of amides is 1. The second-order valence-electron chi connectivity index (χ2n) is 4.50. The summed E-state index contributed by atoms with van der Waals surface area (Å²) < 4.78 is 0. The van der Waals surface area contributed by atoms with Crippen LogP contribution >= 0.6 is 22.9 Å². The van der Waals surface area contributed by atoms with Crippen molar-refractivity contribution in [2.75, 3.05) is 5.73 Å². The summed E-state index contributed by atoms with van der Waals surface area (Å²) in [7, 11) is 0. The zero-order valence-electron chi connectivity index (χ0n) is 9.79. The lowest BCUT2D eigenvalue weighted by molar-refractivity contribution is 0.0956. The lowest BCUT2D eigenvalue weighted by atomic mass is 10.1. The quantitative estimate of drug-likeness (QED) is 0.889. The van der Waals surface area contributed by atoms with Crippen LogP contribution < -0.4 is 11.1 Å². The van der Waals surface area contributed by atoms with E-state index in [4.69, 9.17) is 17.3 Å². The van der Waals surface area contributed by atoms with E-state index < -0.39 is 0 Å². The number of nitrogen functional groups attached to an aromatic ring is 1. The number of carbonyl (C=O) groups excluding carboxylic acids is 1. The summed E-state index contributed by atoms with van der Waals surface area (Å²) in [4.78, 5) is 17.6. The second-order valence-corrected chi connectivity index (χ2v) is 5.91. The van der Waals surface area contributed by atoms with Gasteiger partial charge in [0.2, 0.25) is 0 Å². The third kappa shape index (κ3) is 1.83. The molecule has 0 unspecified atom stereocenters. The van der Waals surface area contributed by atoms with Crippen molar-refractivity contribution < 1.29 is 4.79 Å². The number of aromatic nitrogens is 1. The number of nitrogens with two attached hydrogens (primary N) is 1. The van der Waals surface area contributed by atoms with Gasteiger partial charge in [0.25, 0.3) is 5.91 Å². The number of carbonyl (C=O) groups is 1. The van der Waals surface area contributed by atoms with Gasteiger partial charge in [-0.05, 0) is 25.3 Å². The minimum absolute atomic E-state index is 0.103. The lowest BCUT2D eigenvalue weighted by Gasteiger charge is -2.02. The first-order valence-corrected chi connectivity index (χ1v) is 6.91. The highest BCUT2D eigenvalue weighted by atomic mass is 35.5. The van der Waals surface area contributed by atoms with Gasteiger partial charge in [0.05, 0.1) is 10.7 Å². The summed E-state index contributed by atoms with van der Waals surface area (Å²) in [6.07, 6.45) is 3.71. The topological polar surface area (TPSA) is 68.0 Å². The highest BCUT2D eigenvalue weighted by Crippen LogP contribution is 2.37. The maximum atomic E-state index is 12.0. The first kappa shape index (κ1) is 11.7. The van der Waals surface area contributed by atoms with Crippen LogP contribution in [0.1, 0.15) is 28.1 Å². The zero-order valence-corrected chi connectivity index (χ0v) is 11.4. The SMILES string of the molecule is Cc1c(Cl)cnc2sc(C(=O)NC3CC3)c(N)c12. The predicted molar refractivity (Wildman–Crippen MR) is 74.3 cm³/mol. The molecule has 1 aliphatic rings. The Morgan fingerprint density at radius 3 is 3.00 bits per heavy atom. The van der Waals surface area contributed by atoms with E-state index in [-0.39, 0.29) is 5.91 Å². The second kappa shape index (κ2) is 4.10. The fraction of sp³-hybridized carbons (Fsp3) is 0.333. The van der Waals surface area contributed by atoms with E-state index in [2.05, 4.69) is 10.3 Å². The summed E-state index contributed by atoms with van der Waals surface area (Å²) in [5.41, 5.74) is 7.42. The Balaban J connectivity index is 2.10. The number of halogens is 1. The molecule has 18 heavy (non-hydrogen) atoms. The molecule has 2 aromatic heterocycles. The number of anilines is 1. The Hall–Kier alpha value is -1.33. The molecule has 2 heterocycles. The molecule has 1 aliphatic carbocycles. The van der Waals surface area contributed by atoms with Crippen LogP contribution in [0.3, 0.4) is 0 Å². The Labute approximate surface area is 113 Å². The Kier molecular flexibility index (Phi) is 2.68. The van der Waals surface area contributed by atoms with E-state index in [1.807, 2.05) is 6.92 Å². The number of rotatable bonds is 2. The maximum Gasteiger partial charge on any atom is 0.263 e. The third-order valence-electron chi connectivity index (χ3n) is 3.07. The number of pyridine rings is 1. The van der Waals surface area contributed by atoms with Crippen molar-refractivity contribution in [3.8, 4) is 0 Å². The molecule has 3 rings (SSSR count). The first-order valence-electron chi connectivity index (χ1n) is 5.72. The first-order chi connectivity index (χ1) is 8.58. The van der Waals surface area contributed by atoms with Crippen LogP contribution in [0.15, 0.2) is 6.20 Å². The number of nitrogens with zero attached hydrogens (tertiary/aromatic N) is 1. The van der Waals surface area contributed by atoms with Crippen molar-refractivity contribution in [1.29, 1.82) is 0 Å². The number of aryl methyl sites for hydroxylation is 1. The van der Waals surface area contributed by atoms with E-state index in [0.717, 1.165) is 28.6 Å². The van der Waals surface area contributed by atoms with Crippen LogP contribution in [0.5, 0.6) is 0 Å². The number of hydrogen-bond donors (Lipinski definition) is 2. The molecule has 3 N–H and O–H groups in total. The van der Waals surface area contributed by atoms with E-state index in [0.29, 0.717) is 21.6 Å². The Bertz CT molecular complexity index is 648. The molecular formula is C12H12ClN3OS. The smallest absolute Gasteiger partial charge is 0.263 e. The van der Waals surface area contributed by atoms with Gasteiger partial charge in [-0.15, -0.1) is 11.3 Å². The standard InChI is InChI=1S/C12H12ClN3OS/c1-5-7(13)4-15-12-8(5)9(14)10(18-12)11(17)16-6-2-3-6/h4,6H,2-3,14H2,1H3,(H,16,17). The normalized spacial score (nSPS) is 15.0. The maximum absolute atomic E-state index is 12.0. The Morgan fingerprint density at radius 1 is 1.61 bits per heavy atom. The fourth-order valence-electron chi connectivity index (χ4n) is 1.86. The van der Waals surface area contributed by atoms with E-state index in [1.54, 1.807) is 6.20 Å². The molecule has 4 nitrogen and oxygen atoms in total. The van der Waals surface area contributed by atoms with Crippen LogP contribution in [0.4, 0.5) is 5.69 Å². The van der Waals surface area contributed by atoms with E-state index in [9.17, 15) is 4.79 Å². The summed E-state index contributed by atoms with van der Waals surface area (Å²) in [5.74, 6) is -0.103. The van der Waals surface area contributed by atoms with Crippen molar-refractivity contribution in [3.63, 3.8) is 0 Å². The van der Waals surface area contributed by atoms with Gasteiger partial charge in [0, 0.05) is 17.6 Å². The lowest BCUT2D eigenvalue weighted by Crippen LogP contribution is -2.25. The molecule has 0 saturated heterocycles. The molecule has 1 saturated carbocycles. The molecule has 0 atom stereocenters. The number of hydrogen-bond acceptors (Lipinski definition) is 4. The van der Waals surface area contributed by atoms with Gasteiger partial charge in [-0.3, -0.25) is 4.79 Å². The Morgan fingerprint density at radius 2 is 2.33 bits per heavy atom. The summed E-state index contributed by atoms with van der Waals surface area (Å²) >= 11 is 7.35. The van der Waals surface area contributed by atoms with Crippen LogP contribution in [-0.2, 0) is 0 Å². The van der Waals surface area contributed by atoms with Crippen LogP contribution in [0.2, 0.25) is 5.02 Å². The average molecular weight is 282 g/mol. The van der Waals surface area contributed by atoms with Gasteiger partial charge in [-0.2, -0.15) is 0 Å². The molecule has 0 radical (unpaired) electrons. The van der Waals surface area contributed by atoms with Gasteiger partial charge >= 0.3 is 0 Å². The van der Waals surface area contributed by atoms with E-state index >= 15 is 0 Å². The minimum atomic E-state index is -0.103. The average Bonchev–Trinajstić information content (AvgIpc) is 3.07. The van der Waals surface area contributed by atoms with Gasteiger partial charge in [0.1, 0.15) is 9.71 Å². The molecular weight excluding hydrogens is 270 g/mol. The van der Waals surface area contributed by atoms with Crippen molar-refractivity contribution >= 4 is 44.7 Å². The largest absolute Gasteiger partial charge is 0.397 e. The van der Waals surface area contributed by atoms with Crippen molar-refractivity contribution in [2.45, 2.75) is 25.8 Å². The molecule has 1 amide bonds. The molecule has 2 aromatic rings. The molecule has 0 bridgehead atoms. The van der Waals surface area contributed by atoms with Crippen molar-refractivity contribution in [3.05, 3.63) is 21.7 Å². The molecule has 0 aromatic carbocycles. The molecule has 6 heteroatoms. The van der Waals surface area contributed by atoms with Crippen LogP contribution in [0, 0.1) is 6.92 Å². The summed E-state index contributed by atoms with van der Waals surface area (Å²) in [5, 5.41) is 4.31. The van der Waals surface area contributed by atoms with Gasteiger partial charge in [0.15, 0.2) is 0 Å². The molecule has 1 fully saturated rings. The van der Waals surface area contributed by atoms with Gasteiger partial charge < -0.3 is 11.1 Å².